The third-order valence-electron chi connectivity index (χ3n) is 5.01. The number of benzene rings is 3. The summed E-state index contributed by atoms with van der Waals surface area (Å²) in [6, 6.07) is 20.4. The molecule has 1 fully saturated rings. The van der Waals surface area contributed by atoms with Crippen LogP contribution in [0.4, 0.5) is 4.39 Å². The summed E-state index contributed by atoms with van der Waals surface area (Å²) in [4.78, 5) is 5.56. The first-order valence-electron chi connectivity index (χ1n) is 9.17. The lowest BCUT2D eigenvalue weighted by molar-refractivity contribution is 0.127. The van der Waals surface area contributed by atoms with Crippen molar-refractivity contribution in [1.82, 2.24) is 0 Å². The Labute approximate surface area is 187 Å². The summed E-state index contributed by atoms with van der Waals surface area (Å²) >= 11 is 15.6. The lowest BCUT2D eigenvalue weighted by Gasteiger charge is -2.09. The Bertz CT molecular complexity index is 1020. The molecule has 2 atom stereocenters. The van der Waals surface area contributed by atoms with Gasteiger partial charge in [0.25, 0.3) is 0 Å². The highest BCUT2D eigenvalue weighted by molar-refractivity contribution is 9.10. The van der Waals surface area contributed by atoms with Gasteiger partial charge < -0.3 is 4.84 Å². The molecule has 1 saturated carbocycles. The van der Waals surface area contributed by atoms with Crippen LogP contribution in [0.2, 0.25) is 10.0 Å². The Kier molecular flexibility index (Phi) is 6.23. The van der Waals surface area contributed by atoms with Crippen LogP contribution in [0.1, 0.15) is 29.0 Å². The van der Waals surface area contributed by atoms with E-state index in [0.717, 1.165) is 27.2 Å². The van der Waals surface area contributed by atoms with E-state index >= 15 is 0 Å². The molecule has 1 aliphatic rings. The Morgan fingerprint density at radius 3 is 2.45 bits per heavy atom. The van der Waals surface area contributed by atoms with E-state index in [0.29, 0.717) is 16.5 Å². The van der Waals surface area contributed by atoms with Gasteiger partial charge in [0.2, 0.25) is 0 Å². The van der Waals surface area contributed by atoms with Gasteiger partial charge in [-0.15, -0.1) is 0 Å². The summed E-state index contributed by atoms with van der Waals surface area (Å²) in [6.07, 6.45) is 0.973. The number of rotatable bonds is 6. The van der Waals surface area contributed by atoms with Gasteiger partial charge in [0.05, 0.1) is 10.7 Å². The molecule has 0 saturated heterocycles. The lowest BCUT2D eigenvalue weighted by atomic mass is 10.0. The van der Waals surface area contributed by atoms with Crippen LogP contribution in [-0.2, 0) is 11.4 Å². The van der Waals surface area contributed by atoms with Crippen molar-refractivity contribution in [2.75, 3.05) is 0 Å². The van der Waals surface area contributed by atoms with Crippen molar-refractivity contribution in [2.24, 2.45) is 11.1 Å². The van der Waals surface area contributed by atoms with Gasteiger partial charge in [-0.3, -0.25) is 0 Å². The minimum absolute atomic E-state index is 0.0239. The second-order valence-electron chi connectivity index (χ2n) is 6.96. The van der Waals surface area contributed by atoms with E-state index in [2.05, 4.69) is 21.1 Å². The fraction of sp³-hybridized carbons (Fsp3) is 0.174. The fourth-order valence-electron chi connectivity index (χ4n) is 3.37. The molecule has 1 aliphatic carbocycles. The van der Waals surface area contributed by atoms with Crippen molar-refractivity contribution < 1.29 is 9.23 Å². The summed E-state index contributed by atoms with van der Waals surface area (Å²) in [5, 5.41) is 5.46. The average Bonchev–Trinajstić information content (AvgIpc) is 3.49. The molecule has 0 N–H and O–H groups in total. The highest BCUT2D eigenvalue weighted by Crippen LogP contribution is 2.49. The third-order valence-corrected chi connectivity index (χ3v) is 6.15. The molecule has 0 spiro atoms. The molecule has 0 radical (unpaired) electrons. The van der Waals surface area contributed by atoms with Crippen LogP contribution in [0.15, 0.2) is 76.4 Å². The van der Waals surface area contributed by atoms with Crippen molar-refractivity contribution >= 4 is 44.8 Å². The molecule has 0 aliphatic heterocycles. The van der Waals surface area contributed by atoms with E-state index in [9.17, 15) is 4.39 Å². The molecule has 148 valence electrons. The molecule has 3 aromatic carbocycles. The minimum Gasteiger partial charge on any atom is -0.391 e. The second kappa shape index (κ2) is 8.86. The maximum Gasteiger partial charge on any atom is 0.146 e. The van der Waals surface area contributed by atoms with E-state index in [-0.39, 0.29) is 12.5 Å². The predicted molar refractivity (Wildman–Crippen MR) is 119 cm³/mol. The standard InChI is InChI=1S/C23H17BrCl2FNO/c24-16-8-4-15(5-9-16)23(19-12-18(19)14-6-10-17(25)11-7-14)28-29-13-20-21(26)2-1-3-22(20)27/h1-11,18-19H,12-13H2. The van der Waals surface area contributed by atoms with E-state index < -0.39 is 5.82 Å². The fourth-order valence-corrected chi connectivity index (χ4v) is 3.98. The van der Waals surface area contributed by atoms with Crippen molar-refractivity contribution in [3.63, 3.8) is 0 Å². The zero-order valence-electron chi connectivity index (χ0n) is 15.3. The van der Waals surface area contributed by atoms with Crippen LogP contribution in [0.25, 0.3) is 0 Å². The third kappa shape index (κ3) is 4.82. The second-order valence-corrected chi connectivity index (χ2v) is 8.72. The Balaban J connectivity index is 1.57. The first-order chi connectivity index (χ1) is 14.0. The average molecular weight is 493 g/mol. The molecule has 3 aromatic rings. The predicted octanol–water partition coefficient (Wildman–Crippen LogP) is 7.62. The first kappa shape index (κ1) is 20.4. The SMILES string of the molecule is Fc1cccc(Cl)c1CON=C(c1ccc(Br)cc1)C1CC1c1ccc(Cl)cc1. The largest absolute Gasteiger partial charge is 0.391 e. The van der Waals surface area contributed by atoms with Crippen molar-refractivity contribution in [3.8, 4) is 0 Å². The van der Waals surface area contributed by atoms with Crippen molar-refractivity contribution in [3.05, 3.63) is 104 Å². The highest BCUT2D eigenvalue weighted by atomic mass is 79.9. The Morgan fingerprint density at radius 2 is 1.76 bits per heavy atom. The summed E-state index contributed by atoms with van der Waals surface area (Å²) in [6.45, 7) is -0.0239. The van der Waals surface area contributed by atoms with Gasteiger partial charge in [0.1, 0.15) is 12.4 Å². The van der Waals surface area contributed by atoms with Crippen LogP contribution >= 0.6 is 39.1 Å². The molecular formula is C23H17BrCl2FNO. The molecule has 4 rings (SSSR count). The molecule has 6 heteroatoms. The highest BCUT2D eigenvalue weighted by Gasteiger charge is 2.43. The monoisotopic (exact) mass is 491 g/mol. The molecule has 0 amide bonds. The summed E-state index contributed by atoms with van der Waals surface area (Å²) in [5.74, 6) is 0.187. The summed E-state index contributed by atoms with van der Waals surface area (Å²) < 4.78 is 15.0. The molecule has 2 nitrogen and oxygen atoms in total. The van der Waals surface area contributed by atoms with E-state index in [1.807, 2.05) is 48.5 Å². The number of hydrogen-bond donors (Lipinski definition) is 0. The summed E-state index contributed by atoms with van der Waals surface area (Å²) in [7, 11) is 0. The molecule has 0 bridgehead atoms. The number of hydrogen-bond acceptors (Lipinski definition) is 2. The first-order valence-corrected chi connectivity index (χ1v) is 10.7. The zero-order chi connectivity index (χ0) is 20.4. The van der Waals surface area contributed by atoms with Crippen LogP contribution in [0.3, 0.4) is 0 Å². The number of halogens is 4. The van der Waals surface area contributed by atoms with Gasteiger partial charge in [-0.05, 0) is 59.9 Å². The summed E-state index contributed by atoms with van der Waals surface area (Å²) in [5.41, 5.74) is 3.36. The van der Waals surface area contributed by atoms with Crippen LogP contribution < -0.4 is 0 Å². The molecule has 29 heavy (non-hydrogen) atoms. The van der Waals surface area contributed by atoms with E-state index in [1.54, 1.807) is 12.1 Å². The van der Waals surface area contributed by atoms with Gasteiger partial charge in [-0.2, -0.15) is 0 Å². The topological polar surface area (TPSA) is 21.6 Å². The molecule has 0 heterocycles. The Hall–Kier alpha value is -1.88. The van der Waals surface area contributed by atoms with Gasteiger partial charge in [0.15, 0.2) is 0 Å². The zero-order valence-corrected chi connectivity index (χ0v) is 18.4. The van der Waals surface area contributed by atoms with E-state index in [4.69, 9.17) is 28.0 Å². The van der Waals surface area contributed by atoms with Crippen LogP contribution in [0.5, 0.6) is 0 Å². The molecule has 2 unspecified atom stereocenters. The molecular weight excluding hydrogens is 476 g/mol. The van der Waals surface area contributed by atoms with Gasteiger partial charge >= 0.3 is 0 Å². The number of oxime groups is 1. The van der Waals surface area contributed by atoms with Crippen molar-refractivity contribution in [2.45, 2.75) is 18.9 Å². The lowest BCUT2D eigenvalue weighted by Crippen LogP contribution is -2.07. The maximum atomic E-state index is 14.0. The van der Waals surface area contributed by atoms with Crippen molar-refractivity contribution in [1.29, 1.82) is 0 Å². The molecule has 0 aromatic heterocycles. The van der Waals surface area contributed by atoms with Crippen LogP contribution in [-0.4, -0.2) is 5.71 Å². The smallest absolute Gasteiger partial charge is 0.146 e. The number of nitrogens with zero attached hydrogens (tertiary/aromatic N) is 1. The van der Waals surface area contributed by atoms with Crippen LogP contribution in [0, 0.1) is 11.7 Å². The Morgan fingerprint density at radius 1 is 1.03 bits per heavy atom. The maximum absolute atomic E-state index is 14.0. The van der Waals surface area contributed by atoms with Gasteiger partial charge in [0, 0.05) is 21.0 Å². The van der Waals surface area contributed by atoms with E-state index in [1.165, 1.54) is 11.6 Å². The normalized spacial score (nSPS) is 18.6. The van der Waals surface area contributed by atoms with Gasteiger partial charge in [-0.25, -0.2) is 4.39 Å². The quantitative estimate of drug-likeness (QED) is 0.256. The minimum atomic E-state index is -0.400. The van der Waals surface area contributed by atoms with Gasteiger partial charge in [-0.1, -0.05) is 74.6 Å².